The maximum atomic E-state index is 13.4. The quantitative estimate of drug-likeness (QED) is 0.684. The van der Waals surface area contributed by atoms with Gasteiger partial charge in [-0.2, -0.15) is 5.10 Å². The predicted molar refractivity (Wildman–Crippen MR) is 75.5 cm³/mol. The average molecular weight is 304 g/mol. The highest BCUT2D eigenvalue weighted by Crippen LogP contribution is 2.29. The van der Waals surface area contributed by atoms with E-state index in [0.717, 1.165) is 10.2 Å². The van der Waals surface area contributed by atoms with Crippen LogP contribution in [0.3, 0.4) is 0 Å². The van der Waals surface area contributed by atoms with Gasteiger partial charge in [0.1, 0.15) is 11.5 Å². The summed E-state index contributed by atoms with van der Waals surface area (Å²) in [5.74, 6) is -0.133. The van der Waals surface area contributed by atoms with E-state index in [0.29, 0.717) is 22.2 Å². The molecule has 0 saturated heterocycles. The van der Waals surface area contributed by atoms with Crippen molar-refractivity contribution in [3.63, 3.8) is 0 Å². The molecule has 0 N–H and O–H groups in total. The first-order valence-electron chi connectivity index (χ1n) is 6.15. The molecule has 21 heavy (non-hydrogen) atoms. The average Bonchev–Trinajstić information content (AvgIpc) is 2.86. The molecule has 0 aliphatic carbocycles. The number of hydrogen-bond donors (Lipinski definition) is 0. The number of fused-ring (bicyclic) bond motifs is 1. The van der Waals surface area contributed by atoms with Crippen molar-refractivity contribution in [3.8, 4) is 11.3 Å². The Morgan fingerprint density at radius 3 is 2.76 bits per heavy atom. The monoisotopic (exact) mass is 303 g/mol. The second-order valence-electron chi connectivity index (χ2n) is 4.52. The minimum Gasteiger partial charge on any atom is -0.528 e. The van der Waals surface area contributed by atoms with Gasteiger partial charge in [-0.05, 0) is 29.8 Å². The van der Waals surface area contributed by atoms with E-state index >= 15 is 0 Å². The predicted octanol–water partition coefficient (Wildman–Crippen LogP) is 2.77. The van der Waals surface area contributed by atoms with Crippen molar-refractivity contribution in [2.45, 2.75) is 5.88 Å². The second-order valence-corrected chi connectivity index (χ2v) is 4.79. The third-order valence-electron chi connectivity index (χ3n) is 3.17. The molecule has 0 saturated carbocycles. The zero-order valence-electron chi connectivity index (χ0n) is 10.7. The van der Waals surface area contributed by atoms with Gasteiger partial charge in [0.05, 0.1) is 5.52 Å². The summed E-state index contributed by atoms with van der Waals surface area (Å²) in [7, 11) is 0. The lowest BCUT2D eigenvalue weighted by Gasteiger charge is -2.02. The molecular weight excluding hydrogens is 295 g/mol. The first kappa shape index (κ1) is 13.6. The maximum absolute atomic E-state index is 13.4. The lowest BCUT2D eigenvalue weighted by molar-refractivity contribution is -0.251. The van der Waals surface area contributed by atoms with E-state index in [1.165, 1.54) is 12.1 Å². The summed E-state index contributed by atoms with van der Waals surface area (Å²) in [6, 6.07) is 10.9. The third kappa shape index (κ3) is 2.36. The molecule has 0 aliphatic heterocycles. The summed E-state index contributed by atoms with van der Waals surface area (Å²) in [5.41, 5.74) is 2.07. The van der Waals surface area contributed by atoms with Gasteiger partial charge >= 0.3 is 0 Å². The van der Waals surface area contributed by atoms with Gasteiger partial charge in [0.15, 0.2) is 6.09 Å². The Bertz CT molecular complexity index is 845. The topological polar surface area (TPSA) is 57.9 Å². The van der Waals surface area contributed by atoms with Crippen LogP contribution in [-0.4, -0.2) is 15.9 Å². The van der Waals surface area contributed by atoms with E-state index in [2.05, 4.69) is 5.10 Å². The summed E-state index contributed by atoms with van der Waals surface area (Å²) in [6.45, 7) is 0. The number of halogens is 2. The van der Waals surface area contributed by atoms with E-state index in [9.17, 15) is 14.3 Å². The fourth-order valence-electron chi connectivity index (χ4n) is 2.24. The minimum absolute atomic E-state index is 0.287. The van der Waals surface area contributed by atoms with Crippen LogP contribution in [0.25, 0.3) is 22.2 Å². The summed E-state index contributed by atoms with van der Waals surface area (Å²) in [4.78, 5) is 11.2. The molecule has 1 heterocycles. The number of carbonyl (C=O) groups is 1. The van der Waals surface area contributed by atoms with Crippen molar-refractivity contribution in [3.05, 3.63) is 53.8 Å². The molecule has 6 heteroatoms. The van der Waals surface area contributed by atoms with Crippen molar-refractivity contribution in [1.29, 1.82) is 0 Å². The van der Waals surface area contributed by atoms with Crippen LogP contribution < -0.4 is 5.11 Å². The Morgan fingerprint density at radius 2 is 2.10 bits per heavy atom. The van der Waals surface area contributed by atoms with Crippen LogP contribution in [-0.2, 0) is 5.88 Å². The summed E-state index contributed by atoms with van der Waals surface area (Å²) in [6.07, 6.45) is -1.44. The van der Waals surface area contributed by atoms with E-state index in [4.69, 9.17) is 11.6 Å². The number of alkyl halides is 1. The molecule has 0 spiro atoms. The Morgan fingerprint density at radius 1 is 1.29 bits per heavy atom. The molecule has 3 aromatic rings. The van der Waals surface area contributed by atoms with Crippen LogP contribution in [0.15, 0.2) is 42.5 Å². The normalized spacial score (nSPS) is 11.0. The number of benzene rings is 2. The number of nitrogens with zero attached hydrogens (tertiary/aromatic N) is 2. The Kier molecular flexibility index (Phi) is 3.35. The highest BCUT2D eigenvalue weighted by Gasteiger charge is 2.14. The van der Waals surface area contributed by atoms with E-state index in [1.807, 2.05) is 0 Å². The third-order valence-corrected chi connectivity index (χ3v) is 3.48. The van der Waals surface area contributed by atoms with Gasteiger partial charge in [-0.3, -0.25) is 0 Å². The molecule has 0 aliphatic rings. The zero-order chi connectivity index (χ0) is 15.0. The van der Waals surface area contributed by atoms with Gasteiger partial charge in [-0.1, -0.05) is 18.2 Å². The first-order valence-corrected chi connectivity index (χ1v) is 6.68. The van der Waals surface area contributed by atoms with Crippen molar-refractivity contribution in [2.24, 2.45) is 0 Å². The van der Waals surface area contributed by atoms with Crippen LogP contribution in [0.1, 0.15) is 5.56 Å². The molecule has 1 aromatic heterocycles. The lowest BCUT2D eigenvalue weighted by atomic mass is 10.1. The maximum Gasteiger partial charge on any atom is 0.164 e. The molecule has 0 bridgehead atoms. The molecule has 0 amide bonds. The number of carbonyl (C=O) groups excluding carboxylic acids is 1. The largest absolute Gasteiger partial charge is 0.528 e. The first-order chi connectivity index (χ1) is 10.1. The molecule has 0 fully saturated rings. The van der Waals surface area contributed by atoms with Crippen LogP contribution in [0.5, 0.6) is 0 Å². The van der Waals surface area contributed by atoms with Gasteiger partial charge in [0.25, 0.3) is 0 Å². The molecule has 106 valence electrons. The minimum atomic E-state index is -1.44. The van der Waals surface area contributed by atoms with Gasteiger partial charge in [-0.25, -0.2) is 9.07 Å². The van der Waals surface area contributed by atoms with Crippen molar-refractivity contribution in [2.75, 3.05) is 0 Å². The molecular formula is C15H9ClFN2O2-. The van der Waals surface area contributed by atoms with Crippen LogP contribution >= 0.6 is 11.6 Å². The summed E-state index contributed by atoms with van der Waals surface area (Å²) < 4.78 is 14.2. The van der Waals surface area contributed by atoms with Crippen LogP contribution in [0.2, 0.25) is 0 Å². The van der Waals surface area contributed by atoms with E-state index < -0.39 is 11.9 Å². The Hall–Kier alpha value is -2.40. The van der Waals surface area contributed by atoms with Gasteiger partial charge < -0.3 is 9.90 Å². The zero-order valence-corrected chi connectivity index (χ0v) is 11.5. The highest BCUT2D eigenvalue weighted by atomic mass is 35.5. The molecule has 0 atom stereocenters. The standard InChI is InChI=1S/C15H10ClFN2O2/c16-8-9-4-5-13-12(6-9)14(18-19(13)15(20)21)10-2-1-3-11(17)7-10/h1-7H,8H2,(H,20,21)/p-1. The lowest BCUT2D eigenvalue weighted by Crippen LogP contribution is -2.29. The van der Waals surface area contributed by atoms with E-state index in [1.54, 1.807) is 30.3 Å². The van der Waals surface area contributed by atoms with Crippen LogP contribution in [0, 0.1) is 5.82 Å². The van der Waals surface area contributed by atoms with Crippen molar-refractivity contribution in [1.82, 2.24) is 9.78 Å². The van der Waals surface area contributed by atoms with Gasteiger partial charge in [-0.15, -0.1) is 11.6 Å². The Balaban J connectivity index is 2.33. The summed E-state index contributed by atoms with van der Waals surface area (Å²) in [5, 5.41) is 15.8. The van der Waals surface area contributed by atoms with Crippen molar-refractivity contribution >= 4 is 28.6 Å². The van der Waals surface area contributed by atoms with E-state index in [-0.39, 0.29) is 5.88 Å². The van der Waals surface area contributed by atoms with Gasteiger partial charge in [0, 0.05) is 16.8 Å². The molecule has 0 radical (unpaired) electrons. The number of aromatic nitrogens is 2. The molecule has 2 aromatic carbocycles. The SMILES string of the molecule is O=C([O-])n1nc(-c2cccc(F)c2)c2cc(CCl)ccc21. The smallest absolute Gasteiger partial charge is 0.164 e. The van der Waals surface area contributed by atoms with Crippen molar-refractivity contribution < 1.29 is 14.3 Å². The molecule has 3 rings (SSSR count). The second kappa shape index (κ2) is 5.18. The summed E-state index contributed by atoms with van der Waals surface area (Å²) >= 11 is 5.80. The number of rotatable bonds is 2. The van der Waals surface area contributed by atoms with Crippen LogP contribution in [0.4, 0.5) is 9.18 Å². The Labute approximate surface area is 124 Å². The number of carboxylic acid groups (broad SMARTS) is 1. The molecule has 4 nitrogen and oxygen atoms in total. The van der Waals surface area contributed by atoms with Gasteiger partial charge in [0.2, 0.25) is 0 Å². The number of hydrogen-bond acceptors (Lipinski definition) is 3. The fraction of sp³-hybridized carbons (Fsp3) is 0.0667. The molecule has 0 unspecified atom stereocenters. The fourth-order valence-corrected chi connectivity index (χ4v) is 2.40. The highest BCUT2D eigenvalue weighted by molar-refractivity contribution is 6.17.